The molecule has 1 nitrogen and oxygen atoms in total. The number of allylic oxidation sites excluding steroid dienone is 1. The van der Waals surface area contributed by atoms with Gasteiger partial charge in [0.05, 0.1) is 6.54 Å². The second kappa shape index (κ2) is 6.22. The molecule has 0 saturated heterocycles. The van der Waals surface area contributed by atoms with Crippen molar-refractivity contribution in [1.29, 1.82) is 0 Å². The summed E-state index contributed by atoms with van der Waals surface area (Å²) in [6, 6.07) is 0. The quantitative estimate of drug-likeness (QED) is 0.620. The molecule has 0 amide bonds. The summed E-state index contributed by atoms with van der Waals surface area (Å²) in [5.41, 5.74) is 4.50. The van der Waals surface area contributed by atoms with Crippen molar-refractivity contribution < 1.29 is 0 Å². The molecule has 0 spiro atoms. The minimum Gasteiger partial charge on any atom is -0.285 e. The molecule has 0 saturated carbocycles. The molecule has 1 aliphatic rings. The lowest BCUT2D eigenvalue weighted by molar-refractivity contribution is 0.555. The number of rotatable bonds is 6. The summed E-state index contributed by atoms with van der Waals surface area (Å²) >= 11 is 0. The number of aliphatic imine (C=N–C) groups is 1. The van der Waals surface area contributed by atoms with E-state index in [1.54, 1.807) is 5.57 Å². The van der Waals surface area contributed by atoms with Gasteiger partial charge in [-0.15, -0.1) is 0 Å². The number of nitrogens with zero attached hydrogens (tertiary/aromatic N) is 1. The second-order valence-electron chi connectivity index (χ2n) is 5.32. The molecule has 1 rings (SSSR count). The molecule has 1 heteroatoms. The molecule has 16 heavy (non-hydrogen) atoms. The largest absolute Gasteiger partial charge is 0.285 e. The van der Waals surface area contributed by atoms with E-state index < -0.39 is 0 Å². The normalized spacial score (nSPS) is 16.6. The van der Waals surface area contributed by atoms with E-state index in [1.807, 2.05) is 0 Å². The first-order chi connectivity index (χ1) is 7.61. The van der Waals surface area contributed by atoms with Crippen LogP contribution >= 0.6 is 0 Å². The van der Waals surface area contributed by atoms with E-state index in [2.05, 4.69) is 34.6 Å². The summed E-state index contributed by atoms with van der Waals surface area (Å²) in [5.74, 6) is 1.35. The molecule has 1 heterocycles. The van der Waals surface area contributed by atoms with Gasteiger partial charge in [0.25, 0.3) is 0 Å². The highest BCUT2D eigenvalue weighted by Gasteiger charge is 2.25. The Hall–Kier alpha value is -0.590. The lowest BCUT2D eigenvalue weighted by Gasteiger charge is -2.21. The highest BCUT2D eigenvalue weighted by Crippen LogP contribution is 2.30. The summed E-state index contributed by atoms with van der Waals surface area (Å²) in [6.07, 6.45) is 5.15. The zero-order valence-corrected chi connectivity index (χ0v) is 11.6. The Bertz CT molecular complexity index is 278. The van der Waals surface area contributed by atoms with Crippen molar-refractivity contribution in [3.05, 3.63) is 11.1 Å². The van der Waals surface area contributed by atoms with Crippen LogP contribution in [0.3, 0.4) is 0 Å². The van der Waals surface area contributed by atoms with Crippen molar-refractivity contribution in [2.45, 2.75) is 60.3 Å². The predicted octanol–water partition coefficient (Wildman–Crippen LogP) is 4.63. The van der Waals surface area contributed by atoms with E-state index in [9.17, 15) is 0 Å². The fraction of sp³-hybridized carbons (Fsp3) is 0.800. The maximum atomic E-state index is 4.80. The molecule has 1 aliphatic heterocycles. The molecule has 0 N–H and O–H groups in total. The predicted molar refractivity (Wildman–Crippen MR) is 73.1 cm³/mol. The summed E-state index contributed by atoms with van der Waals surface area (Å²) < 4.78 is 0. The van der Waals surface area contributed by atoms with Crippen molar-refractivity contribution in [3.8, 4) is 0 Å². The van der Waals surface area contributed by atoms with E-state index in [4.69, 9.17) is 4.99 Å². The molecular formula is C15H27N. The zero-order chi connectivity index (χ0) is 12.1. The summed E-state index contributed by atoms with van der Waals surface area (Å²) in [5, 5.41) is 0. The molecule has 0 bridgehead atoms. The monoisotopic (exact) mass is 221 g/mol. The van der Waals surface area contributed by atoms with Crippen molar-refractivity contribution >= 4 is 5.71 Å². The van der Waals surface area contributed by atoms with Gasteiger partial charge < -0.3 is 0 Å². The highest BCUT2D eigenvalue weighted by molar-refractivity contribution is 6.04. The molecule has 0 aromatic carbocycles. The van der Waals surface area contributed by atoms with Crippen molar-refractivity contribution in [3.63, 3.8) is 0 Å². The third kappa shape index (κ3) is 2.96. The van der Waals surface area contributed by atoms with Crippen LogP contribution in [0.25, 0.3) is 0 Å². The average molecular weight is 221 g/mol. The van der Waals surface area contributed by atoms with E-state index in [0.717, 1.165) is 6.54 Å². The third-order valence-corrected chi connectivity index (χ3v) is 3.46. The first-order valence-electron chi connectivity index (χ1n) is 6.86. The minimum absolute atomic E-state index is 0.637. The molecule has 0 aromatic heterocycles. The first-order valence-corrected chi connectivity index (χ1v) is 6.86. The minimum atomic E-state index is 0.637. The van der Waals surface area contributed by atoms with Crippen LogP contribution < -0.4 is 0 Å². The van der Waals surface area contributed by atoms with Crippen LogP contribution in [0, 0.1) is 11.8 Å². The van der Waals surface area contributed by atoms with Gasteiger partial charge in [-0.25, -0.2) is 0 Å². The van der Waals surface area contributed by atoms with Gasteiger partial charge in [0.15, 0.2) is 0 Å². The van der Waals surface area contributed by atoms with Crippen LogP contribution in [0.2, 0.25) is 0 Å². The van der Waals surface area contributed by atoms with Crippen molar-refractivity contribution in [2.24, 2.45) is 16.8 Å². The Morgan fingerprint density at radius 3 is 2.12 bits per heavy atom. The van der Waals surface area contributed by atoms with Crippen LogP contribution in [0.4, 0.5) is 0 Å². The third-order valence-electron chi connectivity index (χ3n) is 3.46. The number of hydrogen-bond donors (Lipinski definition) is 0. The Morgan fingerprint density at radius 2 is 1.69 bits per heavy atom. The molecule has 0 aromatic rings. The smallest absolute Gasteiger partial charge is 0.0606 e. The highest BCUT2D eigenvalue weighted by atomic mass is 14.8. The van der Waals surface area contributed by atoms with Gasteiger partial charge >= 0.3 is 0 Å². The van der Waals surface area contributed by atoms with Crippen molar-refractivity contribution in [2.75, 3.05) is 6.54 Å². The summed E-state index contributed by atoms with van der Waals surface area (Å²) in [4.78, 5) is 4.80. The van der Waals surface area contributed by atoms with E-state index >= 15 is 0 Å². The van der Waals surface area contributed by atoms with Gasteiger partial charge in [0, 0.05) is 11.6 Å². The fourth-order valence-electron chi connectivity index (χ4n) is 2.85. The van der Waals surface area contributed by atoms with Gasteiger partial charge in [-0.1, -0.05) is 40.5 Å². The SMILES string of the molecule is CCCC(CCC)C1=NCC(C)=C1C(C)C. The lowest BCUT2D eigenvalue weighted by atomic mass is 9.84. The van der Waals surface area contributed by atoms with Gasteiger partial charge in [-0.2, -0.15) is 0 Å². The standard InChI is InChI=1S/C15H27N/c1-6-8-13(9-7-2)15-14(11(3)4)12(5)10-16-15/h11,13H,6-10H2,1-5H3. The lowest BCUT2D eigenvalue weighted by Crippen LogP contribution is -2.18. The number of hydrogen-bond acceptors (Lipinski definition) is 1. The average Bonchev–Trinajstić information content (AvgIpc) is 2.60. The summed E-state index contributed by atoms with van der Waals surface area (Å²) in [7, 11) is 0. The van der Waals surface area contributed by atoms with Crippen LogP contribution in [-0.2, 0) is 0 Å². The van der Waals surface area contributed by atoms with Gasteiger partial charge in [-0.05, 0) is 36.8 Å². The summed E-state index contributed by atoms with van der Waals surface area (Å²) in [6.45, 7) is 12.4. The molecular weight excluding hydrogens is 194 g/mol. The zero-order valence-electron chi connectivity index (χ0n) is 11.6. The van der Waals surface area contributed by atoms with E-state index in [0.29, 0.717) is 11.8 Å². The van der Waals surface area contributed by atoms with Gasteiger partial charge in [0.2, 0.25) is 0 Å². The van der Waals surface area contributed by atoms with Crippen molar-refractivity contribution in [1.82, 2.24) is 0 Å². The second-order valence-corrected chi connectivity index (χ2v) is 5.32. The van der Waals surface area contributed by atoms with Crippen LogP contribution in [-0.4, -0.2) is 12.3 Å². The van der Waals surface area contributed by atoms with E-state index in [-0.39, 0.29) is 0 Å². The van der Waals surface area contributed by atoms with Crippen LogP contribution in [0.5, 0.6) is 0 Å². The molecule has 0 aliphatic carbocycles. The maximum Gasteiger partial charge on any atom is 0.0606 e. The molecule has 0 atom stereocenters. The first kappa shape index (κ1) is 13.5. The molecule has 0 radical (unpaired) electrons. The van der Waals surface area contributed by atoms with E-state index in [1.165, 1.54) is 37.0 Å². The van der Waals surface area contributed by atoms with Gasteiger partial charge in [-0.3, -0.25) is 4.99 Å². The Morgan fingerprint density at radius 1 is 1.12 bits per heavy atom. The molecule has 92 valence electrons. The fourth-order valence-corrected chi connectivity index (χ4v) is 2.85. The maximum absolute atomic E-state index is 4.80. The Kier molecular flexibility index (Phi) is 5.24. The topological polar surface area (TPSA) is 12.4 Å². The Labute approximate surface area is 101 Å². The van der Waals surface area contributed by atoms with Crippen LogP contribution in [0.15, 0.2) is 16.1 Å². The Balaban J connectivity index is 2.85. The van der Waals surface area contributed by atoms with Crippen LogP contribution in [0.1, 0.15) is 60.3 Å². The molecule has 0 fully saturated rings. The molecule has 0 unspecified atom stereocenters. The van der Waals surface area contributed by atoms with Gasteiger partial charge in [0.1, 0.15) is 0 Å².